The van der Waals surface area contributed by atoms with E-state index in [0.29, 0.717) is 0 Å². The van der Waals surface area contributed by atoms with Crippen molar-refractivity contribution in [3.8, 4) is 0 Å². The Balaban J connectivity index is 1.89. The Morgan fingerprint density at radius 2 is 2.38 bits per heavy atom. The summed E-state index contributed by atoms with van der Waals surface area (Å²) in [5.74, 6) is 0. The van der Waals surface area contributed by atoms with Gasteiger partial charge in [0.2, 0.25) is 0 Å². The van der Waals surface area contributed by atoms with E-state index in [4.69, 9.17) is 4.74 Å². The van der Waals surface area contributed by atoms with Crippen LogP contribution in [0.3, 0.4) is 0 Å². The van der Waals surface area contributed by atoms with Crippen LogP contribution in [-0.2, 0) is 11.3 Å². The van der Waals surface area contributed by atoms with Crippen molar-refractivity contribution in [3.63, 3.8) is 0 Å². The molecule has 2 heterocycles. The predicted octanol–water partition coefficient (Wildman–Crippen LogP) is 1.46. The lowest BCUT2D eigenvalue weighted by atomic mass is 10.4. The number of aromatic nitrogens is 2. The highest BCUT2D eigenvalue weighted by molar-refractivity contribution is 5.39. The van der Waals surface area contributed by atoms with Crippen LogP contribution in [0.5, 0.6) is 0 Å². The van der Waals surface area contributed by atoms with E-state index in [1.807, 2.05) is 30.6 Å². The van der Waals surface area contributed by atoms with Crippen LogP contribution in [0.25, 0.3) is 5.65 Å². The lowest BCUT2D eigenvalue weighted by Gasteiger charge is -2.04. The first-order chi connectivity index (χ1) is 7.92. The van der Waals surface area contributed by atoms with Crippen molar-refractivity contribution in [2.45, 2.75) is 13.0 Å². The summed E-state index contributed by atoms with van der Waals surface area (Å²) < 4.78 is 7.09. The molecular formula is C12H17N3O. The molecule has 1 N–H and O–H groups in total. The van der Waals surface area contributed by atoms with E-state index in [2.05, 4.69) is 14.7 Å². The summed E-state index contributed by atoms with van der Waals surface area (Å²) >= 11 is 0. The largest absolute Gasteiger partial charge is 0.385 e. The Labute approximate surface area is 95.3 Å². The minimum atomic E-state index is 0.806. The zero-order valence-electron chi connectivity index (χ0n) is 9.52. The van der Waals surface area contributed by atoms with Gasteiger partial charge in [0.25, 0.3) is 0 Å². The van der Waals surface area contributed by atoms with E-state index in [-0.39, 0.29) is 0 Å². The third kappa shape index (κ3) is 2.59. The van der Waals surface area contributed by atoms with E-state index >= 15 is 0 Å². The normalized spacial score (nSPS) is 11.1. The number of hydrogen-bond acceptors (Lipinski definition) is 3. The van der Waals surface area contributed by atoms with Crippen LogP contribution in [0.2, 0.25) is 0 Å². The van der Waals surface area contributed by atoms with Gasteiger partial charge in [-0.3, -0.25) is 0 Å². The average Bonchev–Trinajstić information content (AvgIpc) is 2.73. The quantitative estimate of drug-likeness (QED) is 0.747. The highest BCUT2D eigenvalue weighted by atomic mass is 16.5. The number of fused-ring (bicyclic) bond motifs is 1. The van der Waals surface area contributed by atoms with Gasteiger partial charge in [-0.05, 0) is 25.1 Å². The first-order valence-electron chi connectivity index (χ1n) is 5.52. The molecule has 0 amide bonds. The molecule has 0 aliphatic heterocycles. The fraction of sp³-hybridized carbons (Fsp3) is 0.417. The predicted molar refractivity (Wildman–Crippen MR) is 63.4 cm³/mol. The van der Waals surface area contributed by atoms with E-state index in [9.17, 15) is 0 Å². The average molecular weight is 219 g/mol. The van der Waals surface area contributed by atoms with Crippen LogP contribution < -0.4 is 5.32 Å². The molecule has 0 fully saturated rings. The number of ether oxygens (including phenoxy) is 1. The van der Waals surface area contributed by atoms with Crippen molar-refractivity contribution < 1.29 is 4.74 Å². The molecule has 0 saturated carbocycles. The maximum atomic E-state index is 4.99. The molecule has 0 atom stereocenters. The van der Waals surface area contributed by atoms with E-state index in [1.165, 1.54) is 5.69 Å². The third-order valence-corrected chi connectivity index (χ3v) is 2.50. The molecule has 0 aromatic carbocycles. The van der Waals surface area contributed by atoms with Crippen LogP contribution in [-0.4, -0.2) is 29.6 Å². The summed E-state index contributed by atoms with van der Waals surface area (Å²) in [6.07, 6.45) is 4.99. The van der Waals surface area contributed by atoms with Crippen LogP contribution in [0.15, 0.2) is 30.6 Å². The summed E-state index contributed by atoms with van der Waals surface area (Å²) in [6.45, 7) is 2.61. The van der Waals surface area contributed by atoms with Crippen molar-refractivity contribution in [2.75, 3.05) is 20.3 Å². The van der Waals surface area contributed by atoms with Gasteiger partial charge >= 0.3 is 0 Å². The Morgan fingerprint density at radius 1 is 1.44 bits per heavy atom. The topological polar surface area (TPSA) is 38.6 Å². The molecule has 0 radical (unpaired) electrons. The van der Waals surface area contributed by atoms with Crippen molar-refractivity contribution in [2.24, 2.45) is 0 Å². The highest BCUT2D eigenvalue weighted by Gasteiger charge is 2.00. The third-order valence-electron chi connectivity index (χ3n) is 2.50. The summed E-state index contributed by atoms with van der Waals surface area (Å²) in [6, 6.07) is 6.02. The second-order valence-corrected chi connectivity index (χ2v) is 3.70. The summed E-state index contributed by atoms with van der Waals surface area (Å²) in [5, 5.41) is 3.37. The fourth-order valence-corrected chi connectivity index (χ4v) is 1.67. The molecule has 0 spiro atoms. The van der Waals surface area contributed by atoms with Crippen LogP contribution in [0, 0.1) is 0 Å². The molecule has 0 unspecified atom stereocenters. The van der Waals surface area contributed by atoms with Gasteiger partial charge in [0.05, 0.1) is 11.9 Å². The molecule has 2 rings (SSSR count). The Bertz CT molecular complexity index is 439. The Hall–Kier alpha value is -1.39. The van der Waals surface area contributed by atoms with Crippen LogP contribution >= 0.6 is 0 Å². The minimum absolute atomic E-state index is 0.806. The van der Waals surface area contributed by atoms with Gasteiger partial charge in [0.1, 0.15) is 5.65 Å². The van der Waals surface area contributed by atoms with E-state index in [1.54, 1.807) is 7.11 Å². The molecule has 0 aliphatic rings. The Kier molecular flexibility index (Phi) is 3.91. The standard InChI is InChI=1S/C12H17N3O/c1-16-8-4-6-13-9-11-10-14-12-5-2-3-7-15(11)12/h2-3,5,7,10,13H,4,6,8-9H2,1H3. The molecule has 16 heavy (non-hydrogen) atoms. The van der Waals surface area contributed by atoms with E-state index in [0.717, 1.165) is 31.8 Å². The van der Waals surface area contributed by atoms with Gasteiger partial charge in [-0.2, -0.15) is 0 Å². The van der Waals surface area contributed by atoms with Crippen LogP contribution in [0.4, 0.5) is 0 Å². The monoisotopic (exact) mass is 219 g/mol. The number of imidazole rings is 1. The maximum Gasteiger partial charge on any atom is 0.136 e. The zero-order chi connectivity index (χ0) is 11.2. The molecule has 2 aromatic rings. The summed E-state index contributed by atoms with van der Waals surface area (Å²) in [7, 11) is 1.73. The molecular weight excluding hydrogens is 202 g/mol. The van der Waals surface area contributed by atoms with Crippen LogP contribution in [0.1, 0.15) is 12.1 Å². The fourth-order valence-electron chi connectivity index (χ4n) is 1.67. The molecule has 4 nitrogen and oxygen atoms in total. The first kappa shape index (κ1) is 11.1. The number of methoxy groups -OCH3 is 1. The number of nitrogens with zero attached hydrogens (tertiary/aromatic N) is 2. The maximum absolute atomic E-state index is 4.99. The summed E-state index contributed by atoms with van der Waals surface area (Å²) in [5.41, 5.74) is 2.18. The smallest absolute Gasteiger partial charge is 0.136 e. The number of nitrogens with one attached hydrogen (secondary N) is 1. The van der Waals surface area contributed by atoms with E-state index < -0.39 is 0 Å². The Morgan fingerprint density at radius 3 is 3.25 bits per heavy atom. The molecule has 4 heteroatoms. The number of pyridine rings is 1. The first-order valence-corrected chi connectivity index (χ1v) is 5.52. The molecule has 0 saturated heterocycles. The van der Waals surface area contributed by atoms with Crippen molar-refractivity contribution in [1.82, 2.24) is 14.7 Å². The number of rotatable bonds is 6. The minimum Gasteiger partial charge on any atom is -0.385 e. The van der Waals surface area contributed by atoms with Crippen molar-refractivity contribution in [1.29, 1.82) is 0 Å². The molecule has 0 bridgehead atoms. The number of hydrogen-bond donors (Lipinski definition) is 1. The summed E-state index contributed by atoms with van der Waals surface area (Å²) in [4.78, 5) is 4.33. The zero-order valence-corrected chi connectivity index (χ0v) is 9.52. The second kappa shape index (κ2) is 5.63. The lowest BCUT2D eigenvalue weighted by molar-refractivity contribution is 0.194. The molecule has 2 aromatic heterocycles. The SMILES string of the molecule is COCCCNCc1cnc2ccccn12. The molecule has 0 aliphatic carbocycles. The highest BCUT2D eigenvalue weighted by Crippen LogP contribution is 2.05. The van der Waals surface area contributed by atoms with Crippen molar-refractivity contribution in [3.05, 3.63) is 36.3 Å². The lowest BCUT2D eigenvalue weighted by Crippen LogP contribution is -2.17. The van der Waals surface area contributed by atoms with Gasteiger partial charge in [0, 0.05) is 26.5 Å². The van der Waals surface area contributed by atoms with Gasteiger partial charge in [-0.15, -0.1) is 0 Å². The van der Waals surface area contributed by atoms with Gasteiger partial charge in [0.15, 0.2) is 0 Å². The molecule has 86 valence electrons. The van der Waals surface area contributed by atoms with Gasteiger partial charge in [-0.25, -0.2) is 4.98 Å². The van der Waals surface area contributed by atoms with Gasteiger partial charge in [-0.1, -0.05) is 6.07 Å². The van der Waals surface area contributed by atoms with Gasteiger partial charge < -0.3 is 14.5 Å². The van der Waals surface area contributed by atoms with Crippen molar-refractivity contribution >= 4 is 5.65 Å². The second-order valence-electron chi connectivity index (χ2n) is 3.70.